The SMILES string of the molecule is CC.COc1ccnc2ccc(N3CCOC(C)(C)C3)cc12. The van der Waals surface area contributed by atoms with Crippen LogP contribution in [0.3, 0.4) is 0 Å². The Hall–Kier alpha value is -1.81. The first kappa shape index (κ1) is 16.6. The molecule has 0 radical (unpaired) electrons. The molecule has 3 rings (SSSR count). The van der Waals surface area contributed by atoms with Crippen LogP contribution in [0.15, 0.2) is 30.5 Å². The molecule has 0 bridgehead atoms. The van der Waals surface area contributed by atoms with Crippen LogP contribution in [0.5, 0.6) is 5.75 Å². The van der Waals surface area contributed by atoms with Gasteiger partial charge in [0.05, 0.1) is 24.8 Å². The van der Waals surface area contributed by atoms with E-state index in [1.807, 2.05) is 19.9 Å². The van der Waals surface area contributed by atoms with Crippen LogP contribution in [0.25, 0.3) is 10.9 Å². The zero-order valence-electron chi connectivity index (χ0n) is 14.2. The number of nitrogens with zero attached hydrogens (tertiary/aromatic N) is 2. The largest absolute Gasteiger partial charge is 0.496 e. The van der Waals surface area contributed by atoms with Crippen molar-refractivity contribution in [3.63, 3.8) is 0 Å². The standard InChI is InChI=1S/C16H20N2O2.C2H6/c1-16(2)11-18(8-9-20-16)12-4-5-14-13(10-12)15(19-3)6-7-17-14;1-2/h4-7,10H,8-9,11H2,1-3H3;1-2H3. The van der Waals surface area contributed by atoms with Gasteiger partial charge in [0.25, 0.3) is 0 Å². The fourth-order valence-corrected chi connectivity index (χ4v) is 2.72. The van der Waals surface area contributed by atoms with Gasteiger partial charge < -0.3 is 14.4 Å². The summed E-state index contributed by atoms with van der Waals surface area (Å²) in [5, 5.41) is 1.05. The molecule has 1 aliphatic heterocycles. The Morgan fingerprint density at radius 3 is 2.68 bits per heavy atom. The molecule has 0 saturated carbocycles. The highest BCUT2D eigenvalue weighted by atomic mass is 16.5. The van der Waals surface area contributed by atoms with Crippen LogP contribution >= 0.6 is 0 Å². The molecule has 4 nitrogen and oxygen atoms in total. The second-order valence-corrected chi connectivity index (χ2v) is 5.74. The van der Waals surface area contributed by atoms with Gasteiger partial charge in [-0.1, -0.05) is 13.8 Å². The van der Waals surface area contributed by atoms with Gasteiger partial charge >= 0.3 is 0 Å². The summed E-state index contributed by atoms with van der Waals surface area (Å²) in [5.74, 6) is 0.865. The minimum Gasteiger partial charge on any atom is -0.496 e. The van der Waals surface area contributed by atoms with Crippen LogP contribution in [0.4, 0.5) is 5.69 Å². The molecule has 0 aliphatic carbocycles. The summed E-state index contributed by atoms with van der Waals surface area (Å²) in [5.41, 5.74) is 2.05. The van der Waals surface area contributed by atoms with Gasteiger partial charge in [0.15, 0.2) is 0 Å². The fraction of sp³-hybridized carbons (Fsp3) is 0.500. The lowest BCUT2D eigenvalue weighted by Gasteiger charge is -2.39. The maximum absolute atomic E-state index is 5.77. The molecule has 1 aromatic carbocycles. The van der Waals surface area contributed by atoms with Gasteiger partial charge in [-0.25, -0.2) is 0 Å². The number of ether oxygens (including phenoxy) is 2. The van der Waals surface area contributed by atoms with Gasteiger partial charge in [-0.05, 0) is 38.1 Å². The van der Waals surface area contributed by atoms with E-state index in [1.165, 1.54) is 5.69 Å². The van der Waals surface area contributed by atoms with E-state index in [0.29, 0.717) is 0 Å². The summed E-state index contributed by atoms with van der Waals surface area (Å²) < 4.78 is 11.2. The topological polar surface area (TPSA) is 34.6 Å². The second-order valence-electron chi connectivity index (χ2n) is 5.74. The molecule has 120 valence electrons. The first-order valence-corrected chi connectivity index (χ1v) is 7.91. The van der Waals surface area contributed by atoms with Crippen molar-refractivity contribution in [3.8, 4) is 5.75 Å². The number of pyridine rings is 1. The average Bonchev–Trinajstić information content (AvgIpc) is 2.54. The van der Waals surface area contributed by atoms with E-state index in [1.54, 1.807) is 13.3 Å². The number of fused-ring (bicyclic) bond motifs is 1. The minimum atomic E-state index is -0.105. The zero-order valence-corrected chi connectivity index (χ0v) is 14.2. The fourth-order valence-electron chi connectivity index (χ4n) is 2.72. The van der Waals surface area contributed by atoms with Gasteiger partial charge in [0, 0.05) is 30.4 Å². The summed E-state index contributed by atoms with van der Waals surface area (Å²) in [6.07, 6.45) is 1.78. The molecule has 0 N–H and O–H groups in total. The van der Waals surface area contributed by atoms with Crippen LogP contribution in [-0.2, 0) is 4.74 Å². The molecule has 22 heavy (non-hydrogen) atoms. The third-order valence-electron chi connectivity index (χ3n) is 3.70. The lowest BCUT2D eigenvalue weighted by atomic mass is 10.1. The summed E-state index contributed by atoms with van der Waals surface area (Å²) in [4.78, 5) is 6.74. The Morgan fingerprint density at radius 1 is 1.23 bits per heavy atom. The molecule has 0 amide bonds. The zero-order chi connectivity index (χ0) is 16.2. The molecule has 4 heteroatoms. The van der Waals surface area contributed by atoms with Crippen LogP contribution in [-0.4, -0.2) is 37.4 Å². The maximum Gasteiger partial charge on any atom is 0.129 e. The average molecular weight is 302 g/mol. The highest BCUT2D eigenvalue weighted by Gasteiger charge is 2.27. The van der Waals surface area contributed by atoms with E-state index in [2.05, 4.69) is 41.9 Å². The summed E-state index contributed by atoms with van der Waals surface area (Å²) >= 11 is 0. The number of methoxy groups -OCH3 is 1. The Kier molecular flexibility index (Phi) is 5.24. The number of morpholine rings is 1. The molecule has 1 fully saturated rings. The smallest absolute Gasteiger partial charge is 0.129 e. The number of rotatable bonds is 2. The Morgan fingerprint density at radius 2 is 2.00 bits per heavy atom. The van der Waals surface area contributed by atoms with Gasteiger partial charge in [0.1, 0.15) is 5.75 Å². The van der Waals surface area contributed by atoms with E-state index in [9.17, 15) is 0 Å². The Labute approximate surface area is 133 Å². The quantitative estimate of drug-likeness (QED) is 0.843. The van der Waals surface area contributed by atoms with Gasteiger partial charge in [-0.15, -0.1) is 0 Å². The van der Waals surface area contributed by atoms with Crippen molar-refractivity contribution < 1.29 is 9.47 Å². The lowest BCUT2D eigenvalue weighted by molar-refractivity contribution is -0.0276. The summed E-state index contributed by atoms with van der Waals surface area (Å²) in [6.45, 7) is 10.8. The third-order valence-corrected chi connectivity index (χ3v) is 3.70. The van der Waals surface area contributed by atoms with E-state index in [-0.39, 0.29) is 5.60 Å². The van der Waals surface area contributed by atoms with E-state index >= 15 is 0 Å². The molecule has 1 aliphatic rings. The van der Waals surface area contributed by atoms with Crippen molar-refractivity contribution in [1.29, 1.82) is 0 Å². The highest BCUT2D eigenvalue weighted by molar-refractivity contribution is 5.88. The van der Waals surface area contributed by atoms with E-state index in [0.717, 1.165) is 36.3 Å². The van der Waals surface area contributed by atoms with Crippen molar-refractivity contribution in [2.75, 3.05) is 31.7 Å². The molecule has 1 saturated heterocycles. The van der Waals surface area contributed by atoms with Crippen LogP contribution in [0, 0.1) is 0 Å². The molecule has 1 aromatic heterocycles. The summed E-state index contributed by atoms with van der Waals surface area (Å²) in [6, 6.07) is 8.23. The van der Waals surface area contributed by atoms with Gasteiger partial charge in [-0.2, -0.15) is 0 Å². The third kappa shape index (κ3) is 3.50. The van der Waals surface area contributed by atoms with Crippen LogP contribution in [0.2, 0.25) is 0 Å². The molecule has 2 heterocycles. The van der Waals surface area contributed by atoms with E-state index in [4.69, 9.17) is 9.47 Å². The van der Waals surface area contributed by atoms with Crippen LogP contribution in [0.1, 0.15) is 27.7 Å². The highest BCUT2D eigenvalue weighted by Crippen LogP contribution is 2.30. The molecular formula is C18H26N2O2. The number of benzene rings is 1. The second kappa shape index (κ2) is 6.97. The predicted octanol–water partition coefficient (Wildman–Crippen LogP) is 3.88. The molecule has 2 aromatic rings. The number of anilines is 1. The van der Waals surface area contributed by atoms with Gasteiger partial charge in [-0.3, -0.25) is 4.98 Å². The molecule has 0 atom stereocenters. The van der Waals surface area contributed by atoms with Gasteiger partial charge in [0.2, 0.25) is 0 Å². The maximum atomic E-state index is 5.77. The normalized spacial score (nSPS) is 16.9. The van der Waals surface area contributed by atoms with Crippen LogP contribution < -0.4 is 9.64 Å². The molecule has 0 spiro atoms. The predicted molar refractivity (Wildman–Crippen MR) is 91.9 cm³/mol. The van der Waals surface area contributed by atoms with Crippen molar-refractivity contribution >= 4 is 16.6 Å². The molecule has 0 unspecified atom stereocenters. The Balaban J connectivity index is 0.000000847. The number of hydrogen-bond acceptors (Lipinski definition) is 4. The monoisotopic (exact) mass is 302 g/mol. The minimum absolute atomic E-state index is 0.105. The first-order valence-electron chi connectivity index (χ1n) is 7.91. The summed E-state index contributed by atoms with van der Waals surface area (Å²) in [7, 11) is 1.69. The van der Waals surface area contributed by atoms with Crippen molar-refractivity contribution in [1.82, 2.24) is 4.98 Å². The van der Waals surface area contributed by atoms with Crippen molar-refractivity contribution in [2.24, 2.45) is 0 Å². The molecular weight excluding hydrogens is 276 g/mol. The van der Waals surface area contributed by atoms with Crippen molar-refractivity contribution in [3.05, 3.63) is 30.5 Å². The van der Waals surface area contributed by atoms with Crippen molar-refractivity contribution in [2.45, 2.75) is 33.3 Å². The lowest BCUT2D eigenvalue weighted by Crippen LogP contribution is -2.48. The first-order chi connectivity index (χ1) is 10.6. The van der Waals surface area contributed by atoms with E-state index < -0.39 is 0 Å². The Bertz CT molecular complexity index is 626. The number of aromatic nitrogens is 1. The number of hydrogen-bond donors (Lipinski definition) is 0.